The molecule has 1 amide bonds. The van der Waals surface area contributed by atoms with Gasteiger partial charge in [-0.2, -0.15) is 0 Å². The molecule has 14 heavy (non-hydrogen) atoms. The van der Waals surface area contributed by atoms with Crippen LogP contribution >= 0.6 is 0 Å². The van der Waals surface area contributed by atoms with Gasteiger partial charge in [-0.1, -0.05) is 25.1 Å². The lowest BCUT2D eigenvalue weighted by Gasteiger charge is -2.23. The van der Waals surface area contributed by atoms with E-state index in [1.54, 1.807) is 7.11 Å². The number of anilines is 1. The number of rotatable bonds is 2. The lowest BCUT2D eigenvalue weighted by molar-refractivity contribution is -0.137. The van der Waals surface area contributed by atoms with Crippen molar-refractivity contribution in [3.63, 3.8) is 0 Å². The van der Waals surface area contributed by atoms with Gasteiger partial charge in [-0.15, -0.1) is 0 Å². The van der Waals surface area contributed by atoms with Gasteiger partial charge >= 0.3 is 0 Å². The summed E-state index contributed by atoms with van der Waals surface area (Å²) in [6.45, 7) is 1.95. The minimum absolute atomic E-state index is 0.0660. The molecule has 1 aliphatic rings. The molecule has 1 N–H and O–H groups in total. The Bertz CT molecular complexity index is 369. The van der Waals surface area contributed by atoms with E-state index in [-0.39, 0.29) is 5.91 Å². The summed E-state index contributed by atoms with van der Waals surface area (Å²) in [5, 5.41) is 2.83. The van der Waals surface area contributed by atoms with Gasteiger partial charge in [-0.25, -0.2) is 0 Å². The van der Waals surface area contributed by atoms with Gasteiger partial charge in [-0.05, 0) is 12.5 Å². The highest BCUT2D eigenvalue weighted by molar-refractivity contribution is 6.05. The smallest absolute Gasteiger partial charge is 0.261 e. The van der Waals surface area contributed by atoms with Crippen LogP contribution in [0, 0.1) is 0 Å². The number of benzene rings is 1. The molecule has 2 rings (SSSR count). The minimum atomic E-state index is -0.781. The molecule has 0 bridgehead atoms. The number of carbonyl (C=O) groups is 1. The van der Waals surface area contributed by atoms with Crippen LogP contribution < -0.4 is 5.32 Å². The van der Waals surface area contributed by atoms with E-state index in [0.717, 1.165) is 11.3 Å². The van der Waals surface area contributed by atoms with Crippen molar-refractivity contribution in [2.24, 2.45) is 0 Å². The molecule has 0 fully saturated rings. The van der Waals surface area contributed by atoms with Crippen LogP contribution in [-0.4, -0.2) is 13.0 Å². The van der Waals surface area contributed by atoms with E-state index in [1.807, 2.05) is 31.2 Å². The van der Waals surface area contributed by atoms with E-state index in [0.29, 0.717) is 6.42 Å². The second-order valence-corrected chi connectivity index (χ2v) is 3.38. The number of nitrogens with one attached hydrogen (secondary N) is 1. The monoisotopic (exact) mass is 191 g/mol. The molecular formula is C11H13NO2. The summed E-state index contributed by atoms with van der Waals surface area (Å²) in [5.74, 6) is -0.0660. The molecule has 0 radical (unpaired) electrons. The Balaban J connectivity index is 2.58. The lowest BCUT2D eigenvalue weighted by atomic mass is 9.92. The number of carbonyl (C=O) groups excluding carboxylic acids is 1. The summed E-state index contributed by atoms with van der Waals surface area (Å²) < 4.78 is 5.37. The maximum Gasteiger partial charge on any atom is 0.261 e. The number of amides is 1. The van der Waals surface area contributed by atoms with Crippen LogP contribution in [0.15, 0.2) is 24.3 Å². The second kappa shape index (κ2) is 3.10. The molecule has 0 saturated heterocycles. The Labute approximate surface area is 83.1 Å². The van der Waals surface area contributed by atoms with E-state index in [9.17, 15) is 4.79 Å². The average Bonchev–Trinajstić information content (AvgIpc) is 2.50. The van der Waals surface area contributed by atoms with Crippen molar-refractivity contribution in [3.05, 3.63) is 29.8 Å². The third kappa shape index (κ3) is 0.990. The van der Waals surface area contributed by atoms with E-state index < -0.39 is 5.60 Å². The zero-order valence-corrected chi connectivity index (χ0v) is 8.33. The average molecular weight is 191 g/mol. The first-order valence-electron chi connectivity index (χ1n) is 4.70. The predicted octanol–water partition coefficient (Wildman–Crippen LogP) is 1.89. The van der Waals surface area contributed by atoms with Crippen LogP contribution in [0.5, 0.6) is 0 Å². The van der Waals surface area contributed by atoms with Gasteiger partial charge in [0.2, 0.25) is 0 Å². The van der Waals surface area contributed by atoms with Gasteiger partial charge < -0.3 is 10.1 Å². The molecule has 1 aromatic rings. The fourth-order valence-electron chi connectivity index (χ4n) is 1.99. The first kappa shape index (κ1) is 9.21. The summed E-state index contributed by atoms with van der Waals surface area (Å²) in [7, 11) is 1.57. The predicted molar refractivity (Wildman–Crippen MR) is 54.0 cm³/mol. The van der Waals surface area contributed by atoms with Crippen molar-refractivity contribution in [3.8, 4) is 0 Å². The van der Waals surface area contributed by atoms with Crippen molar-refractivity contribution in [2.75, 3.05) is 12.4 Å². The molecule has 3 heteroatoms. The topological polar surface area (TPSA) is 38.3 Å². The van der Waals surface area contributed by atoms with E-state index >= 15 is 0 Å². The van der Waals surface area contributed by atoms with Crippen LogP contribution in [-0.2, 0) is 15.1 Å². The van der Waals surface area contributed by atoms with Gasteiger partial charge in [0.1, 0.15) is 0 Å². The molecule has 1 aromatic carbocycles. The standard InChI is InChI=1S/C11H13NO2/c1-3-11(14-2)8-6-4-5-7-9(8)12-10(11)13/h4-7H,3H2,1-2H3,(H,12,13). The molecule has 1 aliphatic heterocycles. The normalized spacial score (nSPS) is 24.6. The molecular weight excluding hydrogens is 178 g/mol. The highest BCUT2D eigenvalue weighted by atomic mass is 16.5. The van der Waals surface area contributed by atoms with Crippen LogP contribution in [0.4, 0.5) is 5.69 Å². The minimum Gasteiger partial charge on any atom is -0.364 e. The Hall–Kier alpha value is -1.35. The van der Waals surface area contributed by atoms with Crippen LogP contribution in [0.1, 0.15) is 18.9 Å². The first-order chi connectivity index (χ1) is 6.74. The van der Waals surface area contributed by atoms with Crippen molar-refractivity contribution < 1.29 is 9.53 Å². The van der Waals surface area contributed by atoms with E-state index in [2.05, 4.69) is 5.32 Å². The zero-order valence-electron chi connectivity index (χ0n) is 8.33. The van der Waals surface area contributed by atoms with Gasteiger partial charge in [0.25, 0.3) is 5.91 Å². The number of methoxy groups -OCH3 is 1. The van der Waals surface area contributed by atoms with E-state index in [4.69, 9.17) is 4.74 Å². The molecule has 0 aromatic heterocycles. The molecule has 74 valence electrons. The maximum atomic E-state index is 11.8. The number of ether oxygens (including phenoxy) is 1. The molecule has 0 spiro atoms. The molecule has 0 aliphatic carbocycles. The second-order valence-electron chi connectivity index (χ2n) is 3.38. The Morgan fingerprint density at radius 2 is 2.14 bits per heavy atom. The Morgan fingerprint density at radius 3 is 2.79 bits per heavy atom. The van der Waals surface area contributed by atoms with Gasteiger partial charge in [0, 0.05) is 18.4 Å². The van der Waals surface area contributed by atoms with Crippen molar-refractivity contribution in [1.82, 2.24) is 0 Å². The fraction of sp³-hybridized carbons (Fsp3) is 0.364. The third-order valence-electron chi connectivity index (χ3n) is 2.82. The number of para-hydroxylation sites is 1. The van der Waals surface area contributed by atoms with Crippen molar-refractivity contribution in [2.45, 2.75) is 18.9 Å². The Kier molecular flexibility index (Phi) is 2.04. The first-order valence-corrected chi connectivity index (χ1v) is 4.70. The number of hydrogen-bond donors (Lipinski definition) is 1. The largest absolute Gasteiger partial charge is 0.364 e. The summed E-state index contributed by atoms with van der Waals surface area (Å²) in [6, 6.07) is 7.65. The highest BCUT2D eigenvalue weighted by Gasteiger charge is 2.45. The summed E-state index contributed by atoms with van der Waals surface area (Å²) in [5.41, 5.74) is 1.02. The molecule has 0 saturated carbocycles. The molecule has 3 nitrogen and oxygen atoms in total. The quantitative estimate of drug-likeness (QED) is 0.775. The SMILES string of the molecule is CCC1(OC)C(=O)Nc2ccccc21. The highest BCUT2D eigenvalue weighted by Crippen LogP contribution is 2.40. The summed E-state index contributed by atoms with van der Waals surface area (Å²) >= 11 is 0. The van der Waals surface area contributed by atoms with E-state index in [1.165, 1.54) is 0 Å². The number of fused-ring (bicyclic) bond motifs is 1. The lowest BCUT2D eigenvalue weighted by Crippen LogP contribution is -2.35. The van der Waals surface area contributed by atoms with Gasteiger partial charge in [0.15, 0.2) is 5.60 Å². The molecule has 1 atom stereocenters. The summed E-state index contributed by atoms with van der Waals surface area (Å²) in [6.07, 6.45) is 0.645. The summed E-state index contributed by atoms with van der Waals surface area (Å²) in [4.78, 5) is 11.8. The van der Waals surface area contributed by atoms with Crippen LogP contribution in [0.2, 0.25) is 0 Å². The van der Waals surface area contributed by atoms with Crippen molar-refractivity contribution in [1.29, 1.82) is 0 Å². The van der Waals surface area contributed by atoms with Gasteiger partial charge in [0.05, 0.1) is 0 Å². The molecule has 1 heterocycles. The molecule has 1 unspecified atom stereocenters. The fourth-order valence-corrected chi connectivity index (χ4v) is 1.99. The van der Waals surface area contributed by atoms with Crippen LogP contribution in [0.25, 0.3) is 0 Å². The Morgan fingerprint density at radius 1 is 1.43 bits per heavy atom. The number of hydrogen-bond acceptors (Lipinski definition) is 2. The van der Waals surface area contributed by atoms with Crippen LogP contribution in [0.3, 0.4) is 0 Å². The third-order valence-corrected chi connectivity index (χ3v) is 2.82. The van der Waals surface area contributed by atoms with Crippen molar-refractivity contribution >= 4 is 11.6 Å². The maximum absolute atomic E-state index is 11.8. The van der Waals surface area contributed by atoms with Gasteiger partial charge in [-0.3, -0.25) is 4.79 Å². The zero-order chi connectivity index (χ0) is 10.2.